The molecule has 1 atom stereocenters. The molecule has 0 N–H and O–H groups in total. The molecular weight excluding hydrogens is 359 g/mol. The van der Waals surface area contributed by atoms with Gasteiger partial charge in [-0.3, -0.25) is 4.57 Å². The van der Waals surface area contributed by atoms with E-state index in [0.29, 0.717) is 5.50 Å². The van der Waals surface area contributed by atoms with E-state index in [9.17, 15) is 4.57 Å². The SMILES string of the molecule is CC[Si](CC)(CC)O/C(=C\C(C)c1ccccc1)P(=O)(N(C)C)N(C)C. The zero-order chi connectivity index (χ0) is 20.0. The molecule has 0 saturated carbocycles. The van der Waals surface area contributed by atoms with Crippen LogP contribution in [-0.2, 0) is 8.99 Å². The van der Waals surface area contributed by atoms with Gasteiger partial charge in [0, 0.05) is 5.92 Å². The van der Waals surface area contributed by atoms with Gasteiger partial charge < -0.3 is 4.43 Å². The van der Waals surface area contributed by atoms with Crippen LogP contribution in [0.25, 0.3) is 0 Å². The number of allylic oxidation sites excluding steroid dienone is 1. The highest BCUT2D eigenvalue weighted by molar-refractivity contribution is 7.63. The van der Waals surface area contributed by atoms with Gasteiger partial charge in [0.05, 0.1) is 0 Å². The van der Waals surface area contributed by atoms with Crippen molar-refractivity contribution in [3.8, 4) is 0 Å². The Morgan fingerprint density at radius 1 is 1.04 bits per heavy atom. The van der Waals surface area contributed by atoms with E-state index in [4.69, 9.17) is 4.43 Å². The highest BCUT2D eigenvalue weighted by Crippen LogP contribution is 2.59. The van der Waals surface area contributed by atoms with Crippen LogP contribution in [0.3, 0.4) is 0 Å². The summed E-state index contributed by atoms with van der Waals surface area (Å²) in [5, 5.41) is 0. The summed E-state index contributed by atoms with van der Waals surface area (Å²) in [7, 11) is 2.61. The van der Waals surface area contributed by atoms with E-state index >= 15 is 0 Å². The summed E-state index contributed by atoms with van der Waals surface area (Å²) >= 11 is 0. The van der Waals surface area contributed by atoms with Crippen molar-refractivity contribution in [2.45, 2.75) is 51.7 Å². The van der Waals surface area contributed by atoms with Crippen molar-refractivity contribution in [2.75, 3.05) is 28.2 Å². The van der Waals surface area contributed by atoms with Crippen LogP contribution in [0.5, 0.6) is 0 Å². The van der Waals surface area contributed by atoms with Gasteiger partial charge in [0.15, 0.2) is 5.50 Å². The molecule has 0 aromatic heterocycles. The van der Waals surface area contributed by atoms with Crippen molar-refractivity contribution in [1.29, 1.82) is 0 Å². The summed E-state index contributed by atoms with van der Waals surface area (Å²) in [5.74, 6) is 0.136. The fraction of sp³-hybridized carbons (Fsp3) is 0.600. The Kier molecular flexibility index (Phi) is 8.81. The van der Waals surface area contributed by atoms with Crippen LogP contribution in [0.15, 0.2) is 41.9 Å². The fourth-order valence-corrected chi connectivity index (χ4v) is 8.62. The highest BCUT2D eigenvalue weighted by Gasteiger charge is 2.41. The predicted molar refractivity (Wildman–Crippen MR) is 116 cm³/mol. The molecule has 0 aliphatic rings. The second-order valence-corrected chi connectivity index (χ2v) is 15.1. The Hall–Kier alpha value is -0.873. The first kappa shape index (κ1) is 23.2. The maximum absolute atomic E-state index is 14.0. The lowest BCUT2D eigenvalue weighted by molar-refractivity contribution is 0.384. The minimum absolute atomic E-state index is 0.136. The van der Waals surface area contributed by atoms with Crippen molar-refractivity contribution in [1.82, 2.24) is 9.34 Å². The van der Waals surface area contributed by atoms with Crippen molar-refractivity contribution >= 4 is 15.8 Å². The second-order valence-electron chi connectivity index (χ2n) is 7.29. The van der Waals surface area contributed by atoms with Gasteiger partial charge in [0.1, 0.15) is 0 Å². The summed E-state index contributed by atoms with van der Waals surface area (Å²) in [4.78, 5) is 0. The van der Waals surface area contributed by atoms with Crippen molar-refractivity contribution < 1.29 is 8.99 Å². The molecule has 148 valence electrons. The first-order valence-electron chi connectivity index (χ1n) is 9.58. The number of hydrogen-bond donors (Lipinski definition) is 0. The standard InChI is InChI=1S/C20H37N2O2PSi/c1-9-26(10-2,11-3)24-20(25(23,21(5)6)22(7)8)17-18(4)19-15-13-12-14-16-19/h12-18H,9-11H2,1-8H3/b20-17+. The Labute approximate surface area is 161 Å². The normalized spacial score (nSPS) is 14.8. The van der Waals surface area contributed by atoms with Crippen LogP contribution >= 0.6 is 7.44 Å². The number of nitrogens with zero attached hydrogens (tertiary/aromatic N) is 2. The average molecular weight is 397 g/mol. The van der Waals surface area contributed by atoms with Gasteiger partial charge in [-0.05, 0) is 58.0 Å². The number of hydrogen-bond acceptors (Lipinski definition) is 2. The van der Waals surface area contributed by atoms with Gasteiger partial charge in [0.2, 0.25) is 0 Å². The van der Waals surface area contributed by atoms with Crippen LogP contribution < -0.4 is 0 Å². The number of rotatable bonds is 10. The monoisotopic (exact) mass is 396 g/mol. The topological polar surface area (TPSA) is 32.8 Å². The third kappa shape index (κ3) is 5.10. The summed E-state index contributed by atoms with van der Waals surface area (Å²) in [6.45, 7) is 8.75. The number of benzene rings is 1. The molecule has 1 rings (SSSR count). The maximum Gasteiger partial charge on any atom is 0.276 e. The van der Waals surface area contributed by atoms with Crippen LogP contribution in [0.2, 0.25) is 18.1 Å². The lowest BCUT2D eigenvalue weighted by atomic mass is 10.0. The van der Waals surface area contributed by atoms with Crippen molar-refractivity contribution in [3.05, 3.63) is 47.5 Å². The Bertz CT molecular complexity index is 608. The van der Waals surface area contributed by atoms with E-state index in [2.05, 4.69) is 45.9 Å². The minimum atomic E-state index is -2.94. The van der Waals surface area contributed by atoms with E-state index in [-0.39, 0.29) is 5.92 Å². The molecule has 0 fully saturated rings. The molecule has 4 nitrogen and oxygen atoms in total. The Morgan fingerprint density at radius 2 is 1.50 bits per heavy atom. The Balaban J connectivity index is 3.47. The summed E-state index contributed by atoms with van der Waals surface area (Å²) in [6.07, 6.45) is 2.08. The molecule has 0 bridgehead atoms. The lowest BCUT2D eigenvalue weighted by Crippen LogP contribution is -2.37. The maximum atomic E-state index is 14.0. The largest absolute Gasteiger partial charge is 0.540 e. The molecular formula is C20H37N2O2PSi. The van der Waals surface area contributed by atoms with E-state index in [1.54, 1.807) is 0 Å². The molecule has 1 aromatic rings. The predicted octanol–water partition coefficient (Wildman–Crippen LogP) is 5.97. The van der Waals surface area contributed by atoms with Crippen LogP contribution in [-0.4, -0.2) is 45.8 Å². The van der Waals surface area contributed by atoms with E-state index in [0.717, 1.165) is 18.1 Å². The van der Waals surface area contributed by atoms with Crippen LogP contribution in [0.1, 0.15) is 39.2 Å². The molecule has 1 aromatic carbocycles. The second kappa shape index (κ2) is 9.89. The summed E-state index contributed by atoms with van der Waals surface area (Å²) in [6, 6.07) is 13.4. The minimum Gasteiger partial charge on any atom is -0.540 e. The molecule has 0 aliphatic heterocycles. The highest BCUT2D eigenvalue weighted by atomic mass is 31.2. The lowest BCUT2D eigenvalue weighted by Gasteiger charge is -2.38. The van der Waals surface area contributed by atoms with Crippen LogP contribution in [0, 0.1) is 0 Å². The smallest absolute Gasteiger partial charge is 0.276 e. The van der Waals surface area contributed by atoms with Gasteiger partial charge in [-0.2, -0.15) is 0 Å². The van der Waals surface area contributed by atoms with Gasteiger partial charge >= 0.3 is 0 Å². The first-order chi connectivity index (χ1) is 12.2. The zero-order valence-electron chi connectivity index (χ0n) is 17.8. The Morgan fingerprint density at radius 3 is 1.88 bits per heavy atom. The fourth-order valence-electron chi connectivity index (χ4n) is 3.20. The van der Waals surface area contributed by atoms with E-state index in [1.165, 1.54) is 5.56 Å². The molecule has 0 spiro atoms. The van der Waals surface area contributed by atoms with E-state index < -0.39 is 15.8 Å². The average Bonchev–Trinajstić information content (AvgIpc) is 2.64. The third-order valence-corrected chi connectivity index (χ3v) is 13.0. The van der Waals surface area contributed by atoms with E-state index in [1.807, 2.05) is 55.7 Å². The quantitative estimate of drug-likeness (QED) is 0.277. The van der Waals surface area contributed by atoms with Gasteiger partial charge in [-0.25, -0.2) is 9.34 Å². The summed E-state index contributed by atoms with van der Waals surface area (Å²) < 4.78 is 24.3. The van der Waals surface area contributed by atoms with Crippen molar-refractivity contribution in [2.24, 2.45) is 0 Å². The molecule has 0 amide bonds. The molecule has 0 radical (unpaired) electrons. The summed E-state index contributed by atoms with van der Waals surface area (Å²) in [5.41, 5.74) is 1.86. The third-order valence-electron chi connectivity index (χ3n) is 5.34. The molecule has 0 aliphatic carbocycles. The van der Waals surface area contributed by atoms with Crippen molar-refractivity contribution in [3.63, 3.8) is 0 Å². The first-order valence-corrected chi connectivity index (χ1v) is 13.7. The molecule has 1 unspecified atom stereocenters. The van der Waals surface area contributed by atoms with Gasteiger partial charge in [-0.1, -0.05) is 58.0 Å². The van der Waals surface area contributed by atoms with Gasteiger partial charge in [-0.15, -0.1) is 0 Å². The van der Waals surface area contributed by atoms with Crippen LogP contribution in [0.4, 0.5) is 0 Å². The molecule has 0 saturated heterocycles. The van der Waals surface area contributed by atoms with Gasteiger partial charge in [0.25, 0.3) is 15.8 Å². The zero-order valence-corrected chi connectivity index (χ0v) is 19.7. The molecule has 0 heterocycles. The molecule has 26 heavy (non-hydrogen) atoms. The molecule has 6 heteroatoms.